The van der Waals surface area contributed by atoms with Gasteiger partial charge in [0.25, 0.3) is 0 Å². The zero-order valence-corrected chi connectivity index (χ0v) is 11.5. The van der Waals surface area contributed by atoms with Gasteiger partial charge < -0.3 is 10.6 Å². The van der Waals surface area contributed by atoms with Gasteiger partial charge in [0.1, 0.15) is 5.82 Å². The van der Waals surface area contributed by atoms with Crippen molar-refractivity contribution in [3.05, 3.63) is 36.0 Å². The molecule has 0 bridgehead atoms. The Morgan fingerprint density at radius 3 is 2.95 bits per heavy atom. The quantitative estimate of drug-likeness (QED) is 0.917. The van der Waals surface area contributed by atoms with Gasteiger partial charge in [-0.05, 0) is 23.8 Å². The van der Waals surface area contributed by atoms with E-state index >= 15 is 0 Å². The predicted octanol–water partition coefficient (Wildman–Crippen LogP) is 2.93. The fourth-order valence-electron chi connectivity index (χ4n) is 2.94. The summed E-state index contributed by atoms with van der Waals surface area (Å²) < 4.78 is 0. The Morgan fingerprint density at radius 2 is 2.21 bits per heavy atom. The molecule has 1 saturated heterocycles. The highest BCUT2D eigenvalue weighted by atomic mass is 15.2. The molecule has 3 heteroatoms. The Kier molecular flexibility index (Phi) is 3.38. The molecule has 2 N–H and O–H groups in total. The molecule has 1 aliphatic heterocycles. The molecule has 3 nitrogen and oxygen atoms in total. The minimum atomic E-state index is 0.503. The molecule has 0 spiro atoms. The molecule has 2 aromatic rings. The number of fused-ring (bicyclic) bond motifs is 1. The van der Waals surface area contributed by atoms with Crippen molar-refractivity contribution in [2.75, 3.05) is 18.0 Å². The number of rotatable bonds is 3. The summed E-state index contributed by atoms with van der Waals surface area (Å²) in [6.07, 6.45) is 2.53. The number of nitrogens with zero attached hydrogens (tertiary/aromatic N) is 2. The van der Waals surface area contributed by atoms with Crippen LogP contribution < -0.4 is 10.6 Å². The summed E-state index contributed by atoms with van der Waals surface area (Å²) in [6, 6.07) is 10.6. The van der Waals surface area contributed by atoms with Gasteiger partial charge in [-0.3, -0.25) is 0 Å². The Labute approximate surface area is 114 Å². The summed E-state index contributed by atoms with van der Waals surface area (Å²) in [5.74, 6) is 1.93. The van der Waals surface area contributed by atoms with Gasteiger partial charge in [-0.15, -0.1) is 0 Å². The number of hydrogen-bond donors (Lipinski definition) is 1. The van der Waals surface area contributed by atoms with Crippen molar-refractivity contribution < 1.29 is 0 Å². The molecule has 19 heavy (non-hydrogen) atoms. The molecular formula is C16H21N3. The van der Waals surface area contributed by atoms with Crippen LogP contribution in [-0.4, -0.2) is 18.1 Å². The molecule has 1 fully saturated rings. The number of hydrogen-bond acceptors (Lipinski definition) is 3. The third-order valence-corrected chi connectivity index (χ3v) is 4.15. The summed E-state index contributed by atoms with van der Waals surface area (Å²) in [6.45, 7) is 5.02. The first-order chi connectivity index (χ1) is 9.31. The monoisotopic (exact) mass is 255 g/mol. The Hall–Kier alpha value is -1.61. The highest BCUT2D eigenvalue weighted by molar-refractivity contribution is 5.92. The fraction of sp³-hybridized carbons (Fsp3) is 0.438. The molecular weight excluding hydrogens is 234 g/mol. The lowest BCUT2D eigenvalue weighted by atomic mass is 10.1. The van der Waals surface area contributed by atoms with Crippen LogP contribution in [0.5, 0.6) is 0 Å². The summed E-state index contributed by atoms with van der Waals surface area (Å²) in [5, 5.41) is 2.49. The van der Waals surface area contributed by atoms with Crippen molar-refractivity contribution in [3.63, 3.8) is 0 Å². The lowest BCUT2D eigenvalue weighted by molar-refractivity contribution is 0.569. The predicted molar refractivity (Wildman–Crippen MR) is 80.2 cm³/mol. The molecule has 1 aliphatic rings. The first-order valence-electron chi connectivity index (χ1n) is 7.15. The molecule has 1 unspecified atom stereocenters. The average Bonchev–Trinajstić information content (AvgIpc) is 2.94. The van der Waals surface area contributed by atoms with Crippen LogP contribution in [-0.2, 0) is 6.54 Å². The van der Waals surface area contributed by atoms with E-state index in [0.717, 1.165) is 30.5 Å². The maximum atomic E-state index is 5.78. The fourth-order valence-corrected chi connectivity index (χ4v) is 2.94. The van der Waals surface area contributed by atoms with E-state index in [4.69, 9.17) is 10.7 Å². The molecule has 1 atom stereocenters. The normalized spacial score (nSPS) is 19.3. The van der Waals surface area contributed by atoms with Gasteiger partial charge in [0.05, 0.1) is 5.69 Å². The molecule has 1 aromatic heterocycles. The van der Waals surface area contributed by atoms with Crippen LogP contribution in [0.1, 0.15) is 25.5 Å². The smallest absolute Gasteiger partial charge is 0.136 e. The average molecular weight is 255 g/mol. The standard InChI is InChI=1S/C16H21N3/c1-2-12-7-8-19(11-12)16-15-6-4-3-5-13(15)9-14(10-17)18-16/h3-6,9,12H,2,7-8,10-11,17H2,1H3. The van der Waals surface area contributed by atoms with Crippen LogP contribution >= 0.6 is 0 Å². The van der Waals surface area contributed by atoms with Crippen LogP contribution in [0.4, 0.5) is 5.82 Å². The van der Waals surface area contributed by atoms with Gasteiger partial charge in [-0.1, -0.05) is 37.6 Å². The zero-order chi connectivity index (χ0) is 13.2. The van der Waals surface area contributed by atoms with Crippen molar-refractivity contribution in [2.24, 2.45) is 11.7 Å². The van der Waals surface area contributed by atoms with E-state index in [1.807, 2.05) is 0 Å². The first kappa shape index (κ1) is 12.4. The summed E-state index contributed by atoms with van der Waals surface area (Å²) >= 11 is 0. The molecule has 0 radical (unpaired) electrons. The molecule has 0 aliphatic carbocycles. The largest absolute Gasteiger partial charge is 0.356 e. The minimum Gasteiger partial charge on any atom is -0.356 e. The molecule has 0 amide bonds. The lowest BCUT2D eigenvalue weighted by Gasteiger charge is -2.20. The number of anilines is 1. The van der Waals surface area contributed by atoms with Crippen molar-refractivity contribution in [3.8, 4) is 0 Å². The van der Waals surface area contributed by atoms with Gasteiger partial charge in [0.2, 0.25) is 0 Å². The second-order valence-corrected chi connectivity index (χ2v) is 5.37. The second-order valence-electron chi connectivity index (χ2n) is 5.37. The summed E-state index contributed by atoms with van der Waals surface area (Å²) in [4.78, 5) is 7.20. The van der Waals surface area contributed by atoms with E-state index in [1.54, 1.807) is 0 Å². The van der Waals surface area contributed by atoms with Gasteiger partial charge in [-0.25, -0.2) is 4.98 Å². The molecule has 3 rings (SSSR count). The van der Waals surface area contributed by atoms with E-state index in [2.05, 4.69) is 42.2 Å². The highest BCUT2D eigenvalue weighted by Gasteiger charge is 2.23. The van der Waals surface area contributed by atoms with Crippen LogP contribution in [0.15, 0.2) is 30.3 Å². The Balaban J connectivity index is 2.06. The van der Waals surface area contributed by atoms with Gasteiger partial charge in [0.15, 0.2) is 0 Å². The minimum absolute atomic E-state index is 0.503. The van der Waals surface area contributed by atoms with E-state index in [0.29, 0.717) is 6.54 Å². The van der Waals surface area contributed by atoms with Crippen molar-refractivity contribution in [2.45, 2.75) is 26.3 Å². The summed E-state index contributed by atoms with van der Waals surface area (Å²) in [5.41, 5.74) is 6.76. The number of benzene rings is 1. The maximum absolute atomic E-state index is 5.78. The first-order valence-corrected chi connectivity index (χ1v) is 7.15. The second kappa shape index (κ2) is 5.17. The highest BCUT2D eigenvalue weighted by Crippen LogP contribution is 2.30. The third kappa shape index (κ3) is 2.30. The van der Waals surface area contributed by atoms with Crippen LogP contribution in [0.2, 0.25) is 0 Å². The van der Waals surface area contributed by atoms with E-state index in [-0.39, 0.29) is 0 Å². The SMILES string of the molecule is CCC1CCN(c2nc(CN)cc3ccccc23)C1. The van der Waals surface area contributed by atoms with E-state index in [9.17, 15) is 0 Å². The van der Waals surface area contributed by atoms with Crippen molar-refractivity contribution in [1.29, 1.82) is 0 Å². The van der Waals surface area contributed by atoms with Crippen LogP contribution in [0.3, 0.4) is 0 Å². The maximum Gasteiger partial charge on any atom is 0.136 e. The van der Waals surface area contributed by atoms with Crippen LogP contribution in [0, 0.1) is 5.92 Å². The topological polar surface area (TPSA) is 42.2 Å². The van der Waals surface area contributed by atoms with Crippen molar-refractivity contribution >= 4 is 16.6 Å². The van der Waals surface area contributed by atoms with E-state index < -0.39 is 0 Å². The third-order valence-electron chi connectivity index (χ3n) is 4.15. The molecule has 100 valence electrons. The van der Waals surface area contributed by atoms with E-state index in [1.165, 1.54) is 23.6 Å². The lowest BCUT2D eigenvalue weighted by Crippen LogP contribution is -2.21. The number of aromatic nitrogens is 1. The van der Waals surface area contributed by atoms with Crippen molar-refractivity contribution in [1.82, 2.24) is 4.98 Å². The molecule has 1 aromatic carbocycles. The Bertz CT molecular complexity index is 579. The molecule has 2 heterocycles. The number of pyridine rings is 1. The Morgan fingerprint density at radius 1 is 1.37 bits per heavy atom. The van der Waals surface area contributed by atoms with Crippen LogP contribution in [0.25, 0.3) is 10.8 Å². The van der Waals surface area contributed by atoms with Gasteiger partial charge >= 0.3 is 0 Å². The zero-order valence-electron chi connectivity index (χ0n) is 11.5. The summed E-state index contributed by atoms with van der Waals surface area (Å²) in [7, 11) is 0. The number of nitrogens with two attached hydrogens (primary N) is 1. The molecule has 0 saturated carbocycles. The van der Waals surface area contributed by atoms with Gasteiger partial charge in [-0.2, -0.15) is 0 Å². The van der Waals surface area contributed by atoms with Gasteiger partial charge in [0, 0.05) is 25.0 Å².